The van der Waals surface area contributed by atoms with Crippen molar-refractivity contribution in [2.24, 2.45) is 0 Å². The summed E-state index contributed by atoms with van der Waals surface area (Å²) in [7, 11) is -0.572. The first-order chi connectivity index (χ1) is 13.4. The number of hydrogen-bond donors (Lipinski definition) is 1. The summed E-state index contributed by atoms with van der Waals surface area (Å²) in [5.74, 6) is -0.256. The van der Waals surface area contributed by atoms with E-state index in [9.17, 15) is 13.2 Å². The second-order valence-corrected chi connectivity index (χ2v) is 9.19. The zero-order valence-corrected chi connectivity index (χ0v) is 17.1. The van der Waals surface area contributed by atoms with Crippen molar-refractivity contribution in [3.8, 4) is 10.7 Å². The molecule has 2 heterocycles. The van der Waals surface area contributed by atoms with Crippen LogP contribution in [0.1, 0.15) is 16.1 Å². The lowest BCUT2D eigenvalue weighted by Crippen LogP contribution is -2.26. The van der Waals surface area contributed by atoms with Gasteiger partial charge < -0.3 is 5.32 Å². The molecule has 3 aromatic rings. The number of amides is 1. The average molecular weight is 417 g/mol. The average Bonchev–Trinajstić information content (AvgIpc) is 3.17. The maximum Gasteiger partial charge on any atom is 0.251 e. The molecule has 0 aliphatic heterocycles. The SMILES string of the molecule is CN(C)S(=O)(=O)c1ccc(C(=O)NCCc2csc(-c3ccccn3)n2)cc1. The van der Waals surface area contributed by atoms with Gasteiger partial charge in [-0.2, -0.15) is 0 Å². The molecule has 0 saturated carbocycles. The number of nitrogens with zero attached hydrogens (tertiary/aromatic N) is 3. The molecule has 28 heavy (non-hydrogen) atoms. The number of thiazole rings is 1. The number of carbonyl (C=O) groups is 1. The summed E-state index contributed by atoms with van der Waals surface area (Å²) in [6, 6.07) is 11.6. The molecule has 0 fully saturated rings. The van der Waals surface area contributed by atoms with E-state index in [1.807, 2.05) is 23.6 Å². The summed E-state index contributed by atoms with van der Waals surface area (Å²) in [5, 5.41) is 5.63. The number of sulfonamides is 1. The zero-order chi connectivity index (χ0) is 20.1. The smallest absolute Gasteiger partial charge is 0.251 e. The minimum atomic E-state index is -3.50. The molecule has 1 amide bonds. The molecule has 146 valence electrons. The van der Waals surface area contributed by atoms with E-state index in [0.717, 1.165) is 20.7 Å². The van der Waals surface area contributed by atoms with Crippen LogP contribution in [0.15, 0.2) is 58.9 Å². The van der Waals surface area contributed by atoms with Crippen LogP contribution in [-0.2, 0) is 16.4 Å². The van der Waals surface area contributed by atoms with Crippen LogP contribution in [0.2, 0.25) is 0 Å². The van der Waals surface area contributed by atoms with Gasteiger partial charge in [0.05, 0.1) is 16.3 Å². The Morgan fingerprint density at radius 3 is 2.54 bits per heavy atom. The summed E-state index contributed by atoms with van der Waals surface area (Å²) in [4.78, 5) is 21.2. The van der Waals surface area contributed by atoms with Crippen molar-refractivity contribution in [3.63, 3.8) is 0 Å². The van der Waals surface area contributed by atoms with Gasteiger partial charge in [0.2, 0.25) is 10.0 Å². The molecule has 9 heteroatoms. The lowest BCUT2D eigenvalue weighted by Gasteiger charge is -2.11. The number of aromatic nitrogens is 2. The van der Waals surface area contributed by atoms with E-state index in [4.69, 9.17) is 0 Å². The lowest BCUT2D eigenvalue weighted by molar-refractivity contribution is 0.0954. The lowest BCUT2D eigenvalue weighted by atomic mass is 10.2. The van der Waals surface area contributed by atoms with Crippen LogP contribution in [0.4, 0.5) is 0 Å². The molecule has 0 unspecified atom stereocenters. The fraction of sp³-hybridized carbons (Fsp3) is 0.211. The second-order valence-electron chi connectivity index (χ2n) is 6.18. The van der Waals surface area contributed by atoms with Crippen molar-refractivity contribution >= 4 is 27.3 Å². The summed E-state index contributed by atoms with van der Waals surface area (Å²) in [5.41, 5.74) is 2.12. The van der Waals surface area contributed by atoms with Gasteiger partial charge in [-0.3, -0.25) is 9.78 Å². The summed E-state index contributed by atoms with van der Waals surface area (Å²) in [6.45, 7) is 0.433. The number of carbonyl (C=O) groups excluding carboxylic acids is 1. The Balaban J connectivity index is 1.56. The van der Waals surface area contributed by atoms with E-state index in [1.165, 1.54) is 49.7 Å². The third-order valence-electron chi connectivity index (χ3n) is 4.00. The van der Waals surface area contributed by atoms with Gasteiger partial charge >= 0.3 is 0 Å². The highest BCUT2D eigenvalue weighted by Crippen LogP contribution is 2.21. The van der Waals surface area contributed by atoms with Crippen molar-refractivity contribution in [2.75, 3.05) is 20.6 Å². The van der Waals surface area contributed by atoms with Crippen LogP contribution in [0.5, 0.6) is 0 Å². The Kier molecular flexibility index (Phi) is 6.18. The summed E-state index contributed by atoms with van der Waals surface area (Å²) >= 11 is 1.52. The largest absolute Gasteiger partial charge is 0.352 e. The molecule has 1 aromatic carbocycles. The Morgan fingerprint density at radius 2 is 1.89 bits per heavy atom. The molecular weight excluding hydrogens is 396 g/mol. The topological polar surface area (TPSA) is 92.3 Å². The molecule has 0 saturated heterocycles. The first-order valence-electron chi connectivity index (χ1n) is 8.54. The van der Waals surface area contributed by atoms with Gasteiger partial charge in [-0.15, -0.1) is 11.3 Å². The van der Waals surface area contributed by atoms with Gasteiger partial charge in [0.1, 0.15) is 5.01 Å². The third-order valence-corrected chi connectivity index (χ3v) is 6.74. The standard InChI is InChI=1S/C19H20N4O3S2/c1-23(2)28(25,26)16-8-6-14(7-9-16)18(24)21-12-10-15-13-27-19(22-15)17-5-3-4-11-20-17/h3-9,11,13H,10,12H2,1-2H3,(H,21,24). The van der Waals surface area contributed by atoms with Gasteiger partial charge in [0, 0.05) is 44.2 Å². The third kappa shape index (κ3) is 4.61. The fourth-order valence-electron chi connectivity index (χ4n) is 2.42. The molecule has 0 spiro atoms. The molecule has 0 aliphatic rings. The highest BCUT2D eigenvalue weighted by Gasteiger charge is 2.17. The normalized spacial score (nSPS) is 11.5. The molecule has 0 atom stereocenters. The molecule has 2 aromatic heterocycles. The van der Waals surface area contributed by atoms with E-state index in [1.54, 1.807) is 6.20 Å². The molecular formula is C19H20N4O3S2. The first-order valence-corrected chi connectivity index (χ1v) is 10.9. The molecule has 0 bridgehead atoms. The van der Waals surface area contributed by atoms with Crippen molar-refractivity contribution in [2.45, 2.75) is 11.3 Å². The van der Waals surface area contributed by atoms with Crippen LogP contribution in [-0.4, -0.2) is 49.2 Å². The van der Waals surface area contributed by atoms with E-state index in [-0.39, 0.29) is 10.8 Å². The van der Waals surface area contributed by atoms with Crippen molar-refractivity contribution in [1.29, 1.82) is 0 Å². The quantitative estimate of drug-likeness (QED) is 0.639. The molecule has 7 nitrogen and oxygen atoms in total. The van der Waals surface area contributed by atoms with Crippen molar-refractivity contribution in [1.82, 2.24) is 19.6 Å². The van der Waals surface area contributed by atoms with Gasteiger partial charge in [-0.25, -0.2) is 17.7 Å². The Bertz CT molecular complexity index is 1050. The van der Waals surface area contributed by atoms with Gasteiger partial charge in [-0.1, -0.05) is 6.07 Å². The van der Waals surface area contributed by atoms with E-state index >= 15 is 0 Å². The maximum atomic E-state index is 12.3. The highest BCUT2D eigenvalue weighted by atomic mass is 32.2. The van der Waals surface area contributed by atoms with E-state index in [0.29, 0.717) is 18.5 Å². The molecule has 0 aliphatic carbocycles. The highest BCUT2D eigenvalue weighted by molar-refractivity contribution is 7.89. The summed E-state index contributed by atoms with van der Waals surface area (Å²) < 4.78 is 25.3. The zero-order valence-electron chi connectivity index (χ0n) is 15.5. The molecule has 1 N–H and O–H groups in total. The second kappa shape index (κ2) is 8.59. The Labute approximate surface area is 168 Å². The van der Waals surface area contributed by atoms with Gasteiger partial charge in [0.25, 0.3) is 5.91 Å². The van der Waals surface area contributed by atoms with E-state index < -0.39 is 10.0 Å². The van der Waals surface area contributed by atoms with Crippen LogP contribution < -0.4 is 5.32 Å². The Hall–Kier alpha value is -2.62. The minimum Gasteiger partial charge on any atom is -0.352 e. The number of pyridine rings is 1. The van der Waals surface area contributed by atoms with Gasteiger partial charge in [-0.05, 0) is 36.4 Å². The van der Waals surface area contributed by atoms with Crippen molar-refractivity contribution < 1.29 is 13.2 Å². The van der Waals surface area contributed by atoms with E-state index in [2.05, 4.69) is 15.3 Å². The monoisotopic (exact) mass is 416 g/mol. The van der Waals surface area contributed by atoms with Gasteiger partial charge in [0.15, 0.2) is 0 Å². The summed E-state index contributed by atoms with van der Waals surface area (Å²) in [6.07, 6.45) is 2.33. The van der Waals surface area contributed by atoms with Crippen LogP contribution in [0.3, 0.4) is 0 Å². The molecule has 3 rings (SSSR count). The first kappa shape index (κ1) is 20.1. The fourth-order valence-corrected chi connectivity index (χ4v) is 4.16. The minimum absolute atomic E-state index is 0.151. The van der Waals surface area contributed by atoms with Crippen LogP contribution in [0.25, 0.3) is 10.7 Å². The van der Waals surface area contributed by atoms with Crippen LogP contribution >= 0.6 is 11.3 Å². The number of hydrogen-bond acceptors (Lipinski definition) is 6. The maximum absolute atomic E-state index is 12.3. The number of rotatable bonds is 7. The molecule has 0 radical (unpaired) electrons. The van der Waals surface area contributed by atoms with Crippen molar-refractivity contribution in [3.05, 3.63) is 65.3 Å². The predicted octanol–water partition coefficient (Wildman–Crippen LogP) is 2.43. The number of nitrogens with one attached hydrogen (secondary N) is 1. The van der Waals surface area contributed by atoms with Crippen LogP contribution in [0, 0.1) is 0 Å². The number of benzene rings is 1. The predicted molar refractivity (Wildman–Crippen MR) is 109 cm³/mol. The Morgan fingerprint density at radius 1 is 1.14 bits per heavy atom.